The minimum atomic E-state index is -2.56. The van der Waals surface area contributed by atoms with Gasteiger partial charge in [0.2, 0.25) is 12.2 Å². The minimum absolute atomic E-state index is 0.0466. The average Bonchev–Trinajstić information content (AvgIpc) is 2.92. The van der Waals surface area contributed by atoms with Gasteiger partial charge in [0.05, 0.1) is 17.3 Å². The third-order valence-corrected chi connectivity index (χ3v) is 9.70. The number of hydrogen-bond acceptors (Lipinski definition) is 10. The van der Waals surface area contributed by atoms with Crippen molar-refractivity contribution in [3.8, 4) is 5.75 Å². The number of nitrogens with one attached hydrogen (secondary N) is 1. The third kappa shape index (κ3) is 4.68. The number of rotatable bonds is 6. The number of phenolic OH excluding ortho intramolecular Hbond substituents is 1. The van der Waals surface area contributed by atoms with Crippen molar-refractivity contribution in [1.29, 1.82) is 5.41 Å². The molecule has 0 radical (unpaired) electrons. The third-order valence-electron chi connectivity index (χ3n) is 9.70. The number of carbonyl (C=O) groups is 2. The van der Waals surface area contributed by atoms with Crippen LogP contribution in [0.5, 0.6) is 5.75 Å². The van der Waals surface area contributed by atoms with Crippen LogP contribution in [0.3, 0.4) is 0 Å². The lowest BCUT2D eigenvalue weighted by Crippen LogP contribution is -2.67. The Balaban J connectivity index is 1.61. The number of fused-ring (bicyclic) bond motifs is 3. The lowest BCUT2D eigenvalue weighted by Gasteiger charge is -2.51. The highest BCUT2D eigenvalue weighted by molar-refractivity contribution is 6.34. The number of phenols is 1. The van der Waals surface area contributed by atoms with E-state index in [9.17, 15) is 38.8 Å². The van der Waals surface area contributed by atoms with Crippen LogP contribution in [0.1, 0.15) is 36.0 Å². The van der Waals surface area contributed by atoms with Crippen LogP contribution in [0, 0.1) is 23.2 Å². The number of Topliss-reactive ketones (excluding diaryl/α,β-unsaturated/α-hetero) is 1. The Labute approximate surface area is 248 Å². The van der Waals surface area contributed by atoms with Crippen molar-refractivity contribution in [1.82, 2.24) is 9.80 Å². The van der Waals surface area contributed by atoms with Crippen LogP contribution in [-0.4, -0.2) is 107 Å². The number of benzene rings is 1. The molecule has 0 bridgehead atoms. The molecule has 0 spiro atoms. The first-order valence-corrected chi connectivity index (χ1v) is 14.4. The minimum Gasteiger partial charge on any atom is -0.510 e. The number of piperidine rings is 1. The Morgan fingerprint density at radius 1 is 1.19 bits per heavy atom. The highest BCUT2D eigenvalue weighted by atomic mass is 19.3. The summed E-state index contributed by atoms with van der Waals surface area (Å²) in [7, 11) is 6.84. The van der Waals surface area contributed by atoms with Gasteiger partial charge in [-0.15, -0.1) is 0 Å². The van der Waals surface area contributed by atoms with Gasteiger partial charge in [-0.25, -0.2) is 8.78 Å². The van der Waals surface area contributed by atoms with Crippen molar-refractivity contribution >= 4 is 28.8 Å². The first-order valence-electron chi connectivity index (χ1n) is 14.4. The predicted molar refractivity (Wildman–Crippen MR) is 155 cm³/mol. The fraction of sp³-hybridized carbons (Fsp3) is 0.567. The predicted octanol–water partition coefficient (Wildman–Crippen LogP) is 1.96. The zero-order chi connectivity index (χ0) is 31.7. The molecule has 0 aromatic heterocycles. The van der Waals surface area contributed by atoms with Gasteiger partial charge < -0.3 is 36.5 Å². The zero-order valence-corrected chi connectivity index (χ0v) is 24.7. The Bertz CT molecular complexity index is 1450. The average molecular weight is 604 g/mol. The summed E-state index contributed by atoms with van der Waals surface area (Å²) in [6, 6.07) is 0.799. The highest BCUT2D eigenvalue weighted by Gasteiger charge is 2.63. The maximum absolute atomic E-state index is 14.2. The molecule has 1 amide bonds. The lowest BCUT2D eigenvalue weighted by molar-refractivity contribution is -0.138. The molecule has 1 saturated carbocycles. The molecule has 7 N–H and O–H groups in total. The molecule has 1 heterocycles. The topological polar surface area (TPSA) is 175 Å². The van der Waals surface area contributed by atoms with E-state index in [2.05, 4.69) is 0 Å². The van der Waals surface area contributed by atoms with Gasteiger partial charge in [-0.2, -0.15) is 0 Å². The van der Waals surface area contributed by atoms with Crippen LogP contribution >= 0.6 is 0 Å². The molecule has 11 nitrogen and oxygen atoms in total. The van der Waals surface area contributed by atoms with Crippen molar-refractivity contribution < 1.29 is 38.8 Å². The number of anilines is 1. The smallest absolute Gasteiger partial charge is 0.254 e. The van der Waals surface area contributed by atoms with Crippen molar-refractivity contribution in [3.63, 3.8) is 0 Å². The number of ketones is 1. The number of halogens is 2. The number of likely N-dealkylation sites (N-methyl/N-ethyl adjacent to an activating group) is 1. The van der Waals surface area contributed by atoms with Gasteiger partial charge >= 0.3 is 0 Å². The zero-order valence-electron chi connectivity index (χ0n) is 24.7. The Morgan fingerprint density at radius 2 is 1.81 bits per heavy atom. The molecule has 3 aliphatic carbocycles. The van der Waals surface area contributed by atoms with Gasteiger partial charge in [-0.05, 0) is 70.4 Å². The number of nitrogens with two attached hydrogens (primary N) is 1. The number of primary amides is 1. The molecule has 1 saturated heterocycles. The number of alkyl halides is 2. The number of nitrogens with zero attached hydrogens (tertiary/aromatic N) is 3. The second-order valence-electron chi connectivity index (χ2n) is 12.6. The van der Waals surface area contributed by atoms with Crippen molar-refractivity contribution in [3.05, 3.63) is 39.7 Å². The monoisotopic (exact) mass is 603 g/mol. The molecule has 2 fully saturated rings. The molecule has 1 aromatic rings. The Hall–Kier alpha value is -3.55. The molecule has 4 aliphatic rings. The van der Waals surface area contributed by atoms with E-state index >= 15 is 0 Å². The van der Waals surface area contributed by atoms with E-state index in [1.54, 1.807) is 25.1 Å². The molecular weight excluding hydrogens is 564 g/mol. The van der Waals surface area contributed by atoms with E-state index in [4.69, 9.17) is 11.1 Å². The van der Waals surface area contributed by atoms with E-state index in [1.165, 1.54) is 0 Å². The van der Waals surface area contributed by atoms with Gasteiger partial charge in [-0.1, -0.05) is 0 Å². The van der Waals surface area contributed by atoms with E-state index in [0.717, 1.165) is 0 Å². The quantitative estimate of drug-likeness (QED) is 0.284. The maximum atomic E-state index is 14.2. The molecule has 1 aromatic carbocycles. The summed E-state index contributed by atoms with van der Waals surface area (Å²) in [6.45, 7) is 1.08. The maximum Gasteiger partial charge on any atom is 0.254 e. The molecule has 234 valence electrons. The van der Waals surface area contributed by atoms with Crippen LogP contribution in [0.15, 0.2) is 23.0 Å². The largest absolute Gasteiger partial charge is 0.510 e. The molecule has 5 rings (SSSR count). The molecule has 1 aliphatic heterocycles. The number of likely N-dealkylation sites (tertiary alicyclic amines) is 1. The van der Waals surface area contributed by atoms with Crippen LogP contribution in [0.25, 0.3) is 5.76 Å². The summed E-state index contributed by atoms with van der Waals surface area (Å²) in [6.07, 6.45) is -1.43. The van der Waals surface area contributed by atoms with E-state index in [1.807, 2.05) is 23.9 Å². The van der Waals surface area contributed by atoms with Crippen LogP contribution < -0.4 is 10.6 Å². The van der Waals surface area contributed by atoms with Crippen molar-refractivity contribution in [2.45, 2.75) is 50.3 Å². The SMILES string of the molecule is CN(C)c1cc(CN2CCC(C(F)F)CC2)c(O)c2c1C[C@H]1C[C@H]3[C@@H](N(C)C)C(O)=C(C(N)=O)C(=N)[C@@]3(O)C(=O)C1=C2O. The summed E-state index contributed by atoms with van der Waals surface area (Å²) in [5.74, 6) is -5.73. The second kappa shape index (κ2) is 10.9. The summed E-state index contributed by atoms with van der Waals surface area (Å²) in [4.78, 5) is 31.8. The molecule has 13 heteroatoms. The highest BCUT2D eigenvalue weighted by Crippen LogP contribution is 2.53. The number of aliphatic hydroxyl groups is 3. The van der Waals surface area contributed by atoms with Gasteiger partial charge in [0.25, 0.3) is 5.91 Å². The molecule has 4 atom stereocenters. The standard InChI is InChI=1S/C30H39F2N5O6/c1-35(2)18-11-15(12-37-7-5-13(6-8-37)28(31)32)23(38)20-16(18)9-14-10-17-22(36(3)4)25(40)21(29(34)42)26(33)30(17,43)27(41)19(14)24(20)39/h11,13-14,17,22,28,33,38-40,43H,5-10,12H2,1-4H3,(H2,34,42)/t14-,17-,22+,30+/m0/s1. The fourth-order valence-corrected chi connectivity index (χ4v) is 7.53. The number of aliphatic hydroxyl groups excluding tert-OH is 2. The first-order chi connectivity index (χ1) is 20.1. The van der Waals surface area contributed by atoms with Gasteiger partial charge in [0.1, 0.15) is 22.8 Å². The summed E-state index contributed by atoms with van der Waals surface area (Å²) >= 11 is 0. The van der Waals surface area contributed by atoms with Crippen molar-refractivity contribution in [2.75, 3.05) is 46.2 Å². The van der Waals surface area contributed by atoms with Crippen LogP contribution in [0.2, 0.25) is 0 Å². The van der Waals surface area contributed by atoms with E-state index < -0.39 is 70.3 Å². The fourth-order valence-electron chi connectivity index (χ4n) is 7.53. The van der Waals surface area contributed by atoms with Crippen LogP contribution in [-0.2, 0) is 22.6 Å². The summed E-state index contributed by atoms with van der Waals surface area (Å²) in [5.41, 5.74) is 3.06. The lowest BCUT2D eigenvalue weighted by atomic mass is 9.56. The van der Waals surface area contributed by atoms with E-state index in [-0.39, 0.29) is 36.3 Å². The summed E-state index contributed by atoms with van der Waals surface area (Å²) < 4.78 is 26.4. The Kier molecular flexibility index (Phi) is 7.81. The van der Waals surface area contributed by atoms with Gasteiger partial charge in [-0.3, -0.25) is 19.4 Å². The number of hydrogen-bond donors (Lipinski definition) is 6. The van der Waals surface area contributed by atoms with Crippen molar-refractivity contribution in [2.24, 2.45) is 23.5 Å². The molecule has 43 heavy (non-hydrogen) atoms. The molecule has 0 unspecified atom stereocenters. The first kappa shape index (κ1) is 30.9. The Morgan fingerprint density at radius 3 is 2.35 bits per heavy atom. The van der Waals surface area contributed by atoms with Crippen LogP contribution in [0.4, 0.5) is 14.5 Å². The van der Waals surface area contributed by atoms with Gasteiger partial charge in [0, 0.05) is 49.3 Å². The normalized spacial score (nSPS) is 28.3. The van der Waals surface area contributed by atoms with Gasteiger partial charge in [0.15, 0.2) is 5.60 Å². The number of carbonyl (C=O) groups excluding carboxylic acids is 2. The number of aromatic hydroxyl groups is 1. The van der Waals surface area contributed by atoms with E-state index in [0.29, 0.717) is 42.7 Å². The molecular formula is C30H39F2N5O6. The summed E-state index contributed by atoms with van der Waals surface area (Å²) in [5, 5.41) is 54.7. The number of amides is 1. The second-order valence-corrected chi connectivity index (χ2v) is 12.6.